The lowest BCUT2D eigenvalue weighted by atomic mass is 10.1. The molecular formula is C12H21N3. The highest BCUT2D eigenvalue weighted by Gasteiger charge is 2.20. The summed E-state index contributed by atoms with van der Waals surface area (Å²) >= 11 is 0. The van der Waals surface area contributed by atoms with E-state index >= 15 is 0 Å². The van der Waals surface area contributed by atoms with Gasteiger partial charge in [0.25, 0.3) is 0 Å². The smallest absolute Gasteiger partial charge is 0.109 e. The third-order valence-corrected chi connectivity index (χ3v) is 3.34. The van der Waals surface area contributed by atoms with Crippen LogP contribution in [0.3, 0.4) is 0 Å². The number of aryl methyl sites for hydroxylation is 1. The first-order valence-corrected chi connectivity index (χ1v) is 6.07. The van der Waals surface area contributed by atoms with Crippen LogP contribution in [0.2, 0.25) is 0 Å². The van der Waals surface area contributed by atoms with Crippen molar-refractivity contribution in [1.82, 2.24) is 14.9 Å². The molecule has 3 nitrogen and oxygen atoms in total. The Balaban J connectivity index is 2.44. The van der Waals surface area contributed by atoms with Crippen LogP contribution in [-0.2, 0) is 19.4 Å². The molecule has 0 aromatic carbocycles. The zero-order valence-corrected chi connectivity index (χ0v) is 10.0. The highest BCUT2D eigenvalue weighted by Crippen LogP contribution is 2.23. The second kappa shape index (κ2) is 4.35. The van der Waals surface area contributed by atoms with Gasteiger partial charge in [-0.15, -0.1) is 0 Å². The number of fused-ring (bicyclic) bond motifs is 1. The van der Waals surface area contributed by atoms with E-state index in [1.807, 2.05) is 0 Å². The van der Waals surface area contributed by atoms with Gasteiger partial charge < -0.3 is 9.88 Å². The summed E-state index contributed by atoms with van der Waals surface area (Å²) in [5, 5.41) is 3.39. The molecule has 1 N–H and O–H groups in total. The van der Waals surface area contributed by atoms with Gasteiger partial charge in [-0.05, 0) is 13.3 Å². The molecule has 2 heterocycles. The van der Waals surface area contributed by atoms with Crippen LogP contribution in [0.4, 0.5) is 0 Å². The lowest BCUT2D eigenvalue weighted by molar-refractivity contribution is 0.482. The van der Waals surface area contributed by atoms with Gasteiger partial charge in [0, 0.05) is 37.7 Å². The summed E-state index contributed by atoms with van der Waals surface area (Å²) in [6.45, 7) is 8.78. The molecule has 0 saturated carbocycles. The fourth-order valence-electron chi connectivity index (χ4n) is 2.34. The first-order valence-electron chi connectivity index (χ1n) is 6.07. The first kappa shape index (κ1) is 10.7. The minimum atomic E-state index is 0.592. The van der Waals surface area contributed by atoms with Gasteiger partial charge >= 0.3 is 0 Å². The van der Waals surface area contributed by atoms with E-state index in [0.29, 0.717) is 6.04 Å². The molecule has 0 fully saturated rings. The molecule has 3 heteroatoms. The van der Waals surface area contributed by atoms with Gasteiger partial charge in [-0.1, -0.05) is 13.8 Å². The van der Waals surface area contributed by atoms with Crippen LogP contribution >= 0.6 is 0 Å². The molecule has 0 saturated heterocycles. The lowest BCUT2D eigenvalue weighted by Gasteiger charge is -2.20. The van der Waals surface area contributed by atoms with Crippen molar-refractivity contribution in [2.45, 2.75) is 52.6 Å². The summed E-state index contributed by atoms with van der Waals surface area (Å²) in [5.41, 5.74) is 2.75. The number of aromatic nitrogens is 2. The Morgan fingerprint density at radius 1 is 1.47 bits per heavy atom. The molecule has 0 amide bonds. The molecule has 1 unspecified atom stereocenters. The van der Waals surface area contributed by atoms with Crippen molar-refractivity contribution in [3.63, 3.8) is 0 Å². The molecule has 15 heavy (non-hydrogen) atoms. The number of hydrogen-bond acceptors (Lipinski definition) is 2. The lowest BCUT2D eigenvalue weighted by Crippen LogP contribution is -2.25. The van der Waals surface area contributed by atoms with E-state index in [1.165, 1.54) is 23.6 Å². The summed E-state index contributed by atoms with van der Waals surface area (Å²) in [6, 6.07) is 0.592. The third kappa shape index (κ3) is 1.81. The van der Waals surface area contributed by atoms with Gasteiger partial charge in [-0.2, -0.15) is 0 Å². The molecule has 0 aliphatic carbocycles. The van der Waals surface area contributed by atoms with Gasteiger partial charge in [0.2, 0.25) is 0 Å². The van der Waals surface area contributed by atoms with Gasteiger partial charge in [0.15, 0.2) is 0 Å². The first-order chi connectivity index (χ1) is 7.27. The zero-order valence-electron chi connectivity index (χ0n) is 10.0. The molecular weight excluding hydrogens is 186 g/mol. The minimum Gasteiger partial charge on any atom is -0.329 e. The molecule has 84 valence electrons. The van der Waals surface area contributed by atoms with Crippen molar-refractivity contribution in [2.24, 2.45) is 0 Å². The molecule has 1 aliphatic rings. The van der Waals surface area contributed by atoms with E-state index in [0.717, 1.165) is 25.9 Å². The normalized spacial score (nSPS) is 17.5. The third-order valence-electron chi connectivity index (χ3n) is 3.34. The molecule has 1 aromatic rings. The van der Waals surface area contributed by atoms with Crippen molar-refractivity contribution in [2.75, 3.05) is 6.54 Å². The second-order valence-electron chi connectivity index (χ2n) is 4.33. The van der Waals surface area contributed by atoms with Crippen LogP contribution in [0.25, 0.3) is 0 Å². The van der Waals surface area contributed by atoms with Crippen LogP contribution in [0.1, 0.15) is 50.4 Å². The Kier molecular flexibility index (Phi) is 3.10. The van der Waals surface area contributed by atoms with Gasteiger partial charge in [0.05, 0.1) is 5.69 Å². The van der Waals surface area contributed by atoms with Crippen LogP contribution in [0.15, 0.2) is 0 Å². The Bertz CT molecular complexity index is 341. The number of rotatable bonds is 3. The molecule has 0 bridgehead atoms. The average molecular weight is 207 g/mol. The SMILES string of the molecule is CCc1nc2c(n1C(C)CC)CCNC2. The number of hydrogen-bond donors (Lipinski definition) is 1. The van der Waals surface area contributed by atoms with Crippen LogP contribution < -0.4 is 5.32 Å². The van der Waals surface area contributed by atoms with E-state index in [2.05, 4.69) is 30.7 Å². The maximum Gasteiger partial charge on any atom is 0.109 e. The molecule has 1 atom stereocenters. The Morgan fingerprint density at radius 3 is 2.93 bits per heavy atom. The summed E-state index contributed by atoms with van der Waals surface area (Å²) in [5.74, 6) is 1.26. The predicted molar refractivity (Wildman–Crippen MR) is 62.0 cm³/mol. The van der Waals surface area contributed by atoms with Gasteiger partial charge in [-0.3, -0.25) is 0 Å². The Hall–Kier alpha value is -0.830. The standard InChI is InChI=1S/C12H21N3/c1-4-9(3)15-11-6-7-13-8-10(11)14-12(15)5-2/h9,13H,4-8H2,1-3H3. The maximum absolute atomic E-state index is 4.74. The Morgan fingerprint density at radius 2 is 2.27 bits per heavy atom. The average Bonchev–Trinajstić information content (AvgIpc) is 2.66. The van der Waals surface area contributed by atoms with E-state index in [4.69, 9.17) is 4.98 Å². The summed E-state index contributed by atoms with van der Waals surface area (Å²) in [7, 11) is 0. The van der Waals surface area contributed by atoms with Crippen molar-refractivity contribution in [1.29, 1.82) is 0 Å². The largest absolute Gasteiger partial charge is 0.329 e. The summed E-state index contributed by atoms with van der Waals surface area (Å²) in [6.07, 6.45) is 3.35. The van der Waals surface area contributed by atoms with Crippen LogP contribution in [0.5, 0.6) is 0 Å². The van der Waals surface area contributed by atoms with Crippen molar-refractivity contribution in [3.05, 3.63) is 17.2 Å². The fraction of sp³-hybridized carbons (Fsp3) is 0.750. The molecule has 2 rings (SSSR count). The van der Waals surface area contributed by atoms with Crippen molar-refractivity contribution >= 4 is 0 Å². The number of nitrogens with one attached hydrogen (secondary N) is 1. The molecule has 1 aromatic heterocycles. The summed E-state index contributed by atoms with van der Waals surface area (Å²) < 4.78 is 2.47. The Labute approximate surface area is 91.9 Å². The van der Waals surface area contributed by atoms with E-state index in [-0.39, 0.29) is 0 Å². The van der Waals surface area contributed by atoms with Gasteiger partial charge in [-0.25, -0.2) is 4.98 Å². The molecule has 1 aliphatic heterocycles. The summed E-state index contributed by atoms with van der Waals surface area (Å²) in [4.78, 5) is 4.74. The minimum absolute atomic E-state index is 0.592. The topological polar surface area (TPSA) is 29.9 Å². The predicted octanol–water partition coefficient (Wildman–Crippen LogP) is 2.06. The molecule has 0 radical (unpaired) electrons. The highest BCUT2D eigenvalue weighted by atomic mass is 15.1. The van der Waals surface area contributed by atoms with Crippen LogP contribution in [-0.4, -0.2) is 16.1 Å². The number of nitrogens with zero attached hydrogens (tertiary/aromatic N) is 2. The van der Waals surface area contributed by atoms with E-state index in [1.54, 1.807) is 0 Å². The van der Waals surface area contributed by atoms with Crippen LogP contribution in [0, 0.1) is 0 Å². The quantitative estimate of drug-likeness (QED) is 0.822. The monoisotopic (exact) mass is 207 g/mol. The van der Waals surface area contributed by atoms with Gasteiger partial charge in [0.1, 0.15) is 5.82 Å². The fourth-order valence-corrected chi connectivity index (χ4v) is 2.34. The molecule has 0 spiro atoms. The van der Waals surface area contributed by atoms with E-state index in [9.17, 15) is 0 Å². The number of imidazole rings is 1. The van der Waals surface area contributed by atoms with E-state index < -0.39 is 0 Å². The van der Waals surface area contributed by atoms with Crippen molar-refractivity contribution in [3.8, 4) is 0 Å². The zero-order chi connectivity index (χ0) is 10.8. The highest BCUT2D eigenvalue weighted by molar-refractivity contribution is 5.21. The second-order valence-corrected chi connectivity index (χ2v) is 4.33. The van der Waals surface area contributed by atoms with Crippen molar-refractivity contribution < 1.29 is 0 Å². The maximum atomic E-state index is 4.74.